The monoisotopic (exact) mass is 382 g/mol. The van der Waals surface area contributed by atoms with Gasteiger partial charge in [0.2, 0.25) is 0 Å². The topological polar surface area (TPSA) is 128 Å². The fraction of sp³-hybridized carbons (Fsp3) is 0. The van der Waals surface area contributed by atoms with E-state index in [0.29, 0.717) is 15.6 Å². The van der Waals surface area contributed by atoms with Crippen molar-refractivity contribution < 1.29 is 14.6 Å². The first kappa shape index (κ1) is 18.3. The van der Waals surface area contributed by atoms with Crippen LogP contribution < -0.4 is 5.43 Å². The molecule has 0 saturated heterocycles. The van der Waals surface area contributed by atoms with Crippen molar-refractivity contribution in [3.05, 3.63) is 77.8 Å². The highest BCUT2D eigenvalue weighted by molar-refractivity contribution is 6.36. The third-order valence-electron chi connectivity index (χ3n) is 2.92. The number of carbonyl (C=O) groups is 1. The number of carbonyl (C=O) groups excluding carboxylic acids is 1. The van der Waals surface area contributed by atoms with Crippen LogP contribution in [0.3, 0.4) is 0 Å². The average molecular weight is 383 g/mol. The summed E-state index contributed by atoms with van der Waals surface area (Å²) in [5.74, 6) is -0.854. The highest BCUT2D eigenvalue weighted by Gasteiger charge is 2.19. The van der Waals surface area contributed by atoms with E-state index < -0.39 is 27.1 Å². The predicted octanol–water partition coefficient (Wildman–Crippen LogP) is 3.57. The van der Waals surface area contributed by atoms with Crippen LogP contribution in [0.25, 0.3) is 0 Å². The van der Waals surface area contributed by atoms with Gasteiger partial charge in [0.25, 0.3) is 17.3 Å². The van der Waals surface area contributed by atoms with E-state index in [-0.39, 0.29) is 5.56 Å². The molecule has 0 saturated carbocycles. The van der Waals surface area contributed by atoms with Crippen LogP contribution in [0, 0.1) is 20.2 Å². The van der Waals surface area contributed by atoms with Gasteiger partial charge in [-0.15, -0.1) is 0 Å². The summed E-state index contributed by atoms with van der Waals surface area (Å²) in [5, 5.41) is 26.0. The number of non-ortho nitro benzene ring substituents is 2. The lowest BCUT2D eigenvalue weighted by Gasteiger charge is -2.01. The standard InChI is InChI=1S/C14H8Cl2N4O5/c15-10-2-1-8(13(16)5-10)7-17-18-14(21)9-3-11(19(22)23)6-12(4-9)20(24)25/h1-7H,(H,18,21)/b17-7+. The number of hydrogen-bond acceptors (Lipinski definition) is 6. The Labute approximate surface area is 150 Å². The normalized spacial score (nSPS) is 10.6. The van der Waals surface area contributed by atoms with Crippen molar-refractivity contribution in [3.63, 3.8) is 0 Å². The molecule has 9 nitrogen and oxygen atoms in total. The summed E-state index contributed by atoms with van der Waals surface area (Å²) >= 11 is 11.7. The van der Waals surface area contributed by atoms with E-state index in [0.717, 1.165) is 18.2 Å². The maximum absolute atomic E-state index is 12.0. The van der Waals surface area contributed by atoms with Crippen LogP contribution >= 0.6 is 23.2 Å². The number of hydrogen-bond donors (Lipinski definition) is 1. The minimum atomic E-state index is -0.854. The van der Waals surface area contributed by atoms with Crippen molar-refractivity contribution in [1.82, 2.24) is 5.43 Å². The smallest absolute Gasteiger partial charge is 0.267 e. The Bertz CT molecular complexity index is 869. The molecule has 1 N–H and O–H groups in total. The molecule has 1 amide bonds. The van der Waals surface area contributed by atoms with Gasteiger partial charge in [-0.2, -0.15) is 5.10 Å². The van der Waals surface area contributed by atoms with Gasteiger partial charge in [0.05, 0.1) is 32.7 Å². The van der Waals surface area contributed by atoms with Crippen molar-refractivity contribution in [2.75, 3.05) is 0 Å². The molecule has 0 unspecified atom stereocenters. The molecule has 0 heterocycles. The summed E-state index contributed by atoms with van der Waals surface area (Å²) in [5.41, 5.74) is 1.15. The Morgan fingerprint density at radius 3 is 2.16 bits per heavy atom. The molecule has 0 spiro atoms. The van der Waals surface area contributed by atoms with E-state index >= 15 is 0 Å². The Morgan fingerprint density at radius 2 is 1.64 bits per heavy atom. The molecule has 0 atom stereocenters. The van der Waals surface area contributed by atoms with Crippen molar-refractivity contribution in [3.8, 4) is 0 Å². The van der Waals surface area contributed by atoms with E-state index in [2.05, 4.69) is 10.5 Å². The van der Waals surface area contributed by atoms with Gasteiger partial charge >= 0.3 is 0 Å². The molecule has 0 aromatic heterocycles. The van der Waals surface area contributed by atoms with Crippen molar-refractivity contribution >= 4 is 46.7 Å². The number of halogens is 2. The third kappa shape index (κ3) is 4.72. The summed E-state index contributed by atoms with van der Waals surface area (Å²) in [6, 6.07) is 7.20. The first-order valence-electron chi connectivity index (χ1n) is 6.50. The van der Waals surface area contributed by atoms with Crippen LogP contribution in [-0.4, -0.2) is 22.0 Å². The Hall–Kier alpha value is -3.04. The van der Waals surface area contributed by atoms with Crippen LogP contribution in [-0.2, 0) is 0 Å². The lowest BCUT2D eigenvalue weighted by Crippen LogP contribution is -2.18. The van der Waals surface area contributed by atoms with Gasteiger partial charge in [-0.1, -0.05) is 29.3 Å². The minimum absolute atomic E-state index is 0.278. The summed E-state index contributed by atoms with van der Waals surface area (Å²) < 4.78 is 0. The van der Waals surface area contributed by atoms with Gasteiger partial charge in [-0.05, 0) is 12.1 Å². The summed E-state index contributed by atoms with van der Waals surface area (Å²) in [6.45, 7) is 0. The molecule has 2 rings (SSSR count). The number of nitrogens with one attached hydrogen (secondary N) is 1. The number of hydrazone groups is 1. The summed E-state index contributed by atoms with van der Waals surface area (Å²) in [7, 11) is 0. The number of nitro groups is 2. The highest BCUT2D eigenvalue weighted by Crippen LogP contribution is 2.23. The molecule has 0 aliphatic heterocycles. The van der Waals surface area contributed by atoms with Crippen LogP contribution in [0.2, 0.25) is 10.0 Å². The molecule has 0 bridgehead atoms. The second-order valence-electron chi connectivity index (χ2n) is 4.62. The fourth-order valence-corrected chi connectivity index (χ4v) is 2.23. The van der Waals surface area contributed by atoms with Gasteiger partial charge < -0.3 is 0 Å². The first-order valence-corrected chi connectivity index (χ1v) is 7.26. The lowest BCUT2D eigenvalue weighted by atomic mass is 10.1. The molecule has 25 heavy (non-hydrogen) atoms. The van der Waals surface area contributed by atoms with Gasteiger partial charge in [-0.25, -0.2) is 5.43 Å². The Morgan fingerprint density at radius 1 is 1.04 bits per heavy atom. The van der Waals surface area contributed by atoms with Crippen LogP contribution in [0.15, 0.2) is 41.5 Å². The van der Waals surface area contributed by atoms with E-state index in [1.807, 2.05) is 0 Å². The van der Waals surface area contributed by atoms with E-state index in [4.69, 9.17) is 23.2 Å². The highest BCUT2D eigenvalue weighted by atomic mass is 35.5. The molecular weight excluding hydrogens is 375 g/mol. The van der Waals surface area contributed by atoms with E-state index in [9.17, 15) is 25.0 Å². The molecule has 0 radical (unpaired) electrons. The Balaban J connectivity index is 2.21. The number of nitro benzene ring substituents is 2. The maximum atomic E-state index is 12.0. The number of benzene rings is 2. The lowest BCUT2D eigenvalue weighted by molar-refractivity contribution is -0.394. The van der Waals surface area contributed by atoms with Crippen molar-refractivity contribution in [1.29, 1.82) is 0 Å². The first-order chi connectivity index (χ1) is 11.8. The molecule has 0 fully saturated rings. The van der Waals surface area contributed by atoms with Gasteiger partial charge in [0, 0.05) is 22.7 Å². The number of amides is 1. The molecule has 11 heteroatoms. The molecule has 2 aromatic carbocycles. The minimum Gasteiger partial charge on any atom is -0.267 e. The zero-order chi connectivity index (χ0) is 18.6. The molecule has 0 aliphatic carbocycles. The zero-order valence-electron chi connectivity index (χ0n) is 12.2. The predicted molar refractivity (Wildman–Crippen MR) is 91.3 cm³/mol. The summed E-state index contributed by atoms with van der Waals surface area (Å²) in [6.07, 6.45) is 1.24. The molecule has 2 aromatic rings. The Kier molecular flexibility index (Phi) is 5.63. The van der Waals surface area contributed by atoms with Crippen LogP contribution in [0.4, 0.5) is 11.4 Å². The van der Waals surface area contributed by atoms with Gasteiger partial charge in [-0.3, -0.25) is 25.0 Å². The number of rotatable bonds is 5. The third-order valence-corrected chi connectivity index (χ3v) is 3.48. The molecule has 0 aliphatic rings. The van der Waals surface area contributed by atoms with Crippen molar-refractivity contribution in [2.24, 2.45) is 5.10 Å². The molecule has 128 valence electrons. The van der Waals surface area contributed by atoms with Gasteiger partial charge in [0.1, 0.15) is 0 Å². The van der Waals surface area contributed by atoms with E-state index in [1.54, 1.807) is 12.1 Å². The SMILES string of the molecule is O=C(N/N=C/c1ccc(Cl)cc1Cl)c1cc([N+](=O)[O-])cc([N+](=O)[O-])c1. The van der Waals surface area contributed by atoms with Crippen molar-refractivity contribution in [2.45, 2.75) is 0 Å². The maximum Gasteiger partial charge on any atom is 0.277 e. The zero-order valence-corrected chi connectivity index (χ0v) is 13.7. The largest absolute Gasteiger partial charge is 0.277 e. The second kappa shape index (κ2) is 7.69. The average Bonchev–Trinajstić information content (AvgIpc) is 2.56. The summed E-state index contributed by atoms with van der Waals surface area (Å²) in [4.78, 5) is 32.0. The van der Waals surface area contributed by atoms with Crippen LogP contribution in [0.5, 0.6) is 0 Å². The fourth-order valence-electron chi connectivity index (χ4n) is 1.77. The second-order valence-corrected chi connectivity index (χ2v) is 5.46. The van der Waals surface area contributed by atoms with E-state index in [1.165, 1.54) is 12.3 Å². The quantitative estimate of drug-likeness (QED) is 0.480. The van der Waals surface area contributed by atoms with Gasteiger partial charge in [0.15, 0.2) is 0 Å². The van der Waals surface area contributed by atoms with Crippen LogP contribution in [0.1, 0.15) is 15.9 Å². The molecular formula is C14H8Cl2N4O5. The number of nitrogens with zero attached hydrogens (tertiary/aromatic N) is 3.